The first-order valence-corrected chi connectivity index (χ1v) is 6.51. The lowest BCUT2D eigenvalue weighted by atomic mass is 10.1. The quantitative estimate of drug-likeness (QED) is 0.572. The van der Waals surface area contributed by atoms with Crippen molar-refractivity contribution in [3.63, 3.8) is 0 Å². The van der Waals surface area contributed by atoms with E-state index in [9.17, 15) is 25.2 Å². The van der Waals surface area contributed by atoms with Gasteiger partial charge in [-0.1, -0.05) is 0 Å². The summed E-state index contributed by atoms with van der Waals surface area (Å²) in [5, 5.41) is 39.0. The van der Waals surface area contributed by atoms with Crippen LogP contribution in [0.5, 0.6) is 28.7 Å². The summed E-state index contributed by atoms with van der Waals surface area (Å²) in [7, 11) is 1.31. The number of methoxy groups -OCH3 is 1. The molecule has 4 N–H and O–H groups in total. The Labute approximate surface area is 129 Å². The summed E-state index contributed by atoms with van der Waals surface area (Å²) in [6, 6.07) is 6.01. The van der Waals surface area contributed by atoms with Gasteiger partial charge in [0.2, 0.25) is 11.2 Å². The van der Waals surface area contributed by atoms with Crippen LogP contribution in [0.15, 0.2) is 39.5 Å². The SMILES string of the molecule is COc1cc(O)cc2oc(-c3ccc(O)cc3O)c(O)c(=O)c12. The van der Waals surface area contributed by atoms with E-state index in [0.29, 0.717) is 0 Å². The molecular formula is C16H12O7. The van der Waals surface area contributed by atoms with Crippen molar-refractivity contribution in [2.24, 2.45) is 0 Å². The third-order valence-electron chi connectivity index (χ3n) is 3.37. The zero-order valence-corrected chi connectivity index (χ0v) is 11.9. The van der Waals surface area contributed by atoms with Gasteiger partial charge < -0.3 is 29.6 Å². The number of hydrogen-bond acceptors (Lipinski definition) is 7. The van der Waals surface area contributed by atoms with Crippen LogP contribution in [0.4, 0.5) is 0 Å². The molecule has 3 aromatic rings. The predicted octanol–water partition coefficient (Wildman–Crippen LogP) is 2.29. The van der Waals surface area contributed by atoms with Crippen LogP contribution in [-0.2, 0) is 0 Å². The second kappa shape index (κ2) is 5.13. The number of phenols is 3. The van der Waals surface area contributed by atoms with E-state index in [1.54, 1.807) is 0 Å². The summed E-state index contributed by atoms with van der Waals surface area (Å²) < 4.78 is 10.5. The molecule has 3 rings (SSSR count). The standard InChI is InChI=1S/C16H12O7/c1-22-11-5-8(18)6-12-13(11)14(20)15(21)16(23-12)9-3-2-7(17)4-10(9)19/h2-6,17-19,21H,1H3. The number of benzene rings is 2. The zero-order chi connectivity index (χ0) is 16.7. The molecule has 0 aliphatic heterocycles. The van der Waals surface area contributed by atoms with Gasteiger partial charge in [-0.2, -0.15) is 0 Å². The molecular weight excluding hydrogens is 304 g/mol. The minimum absolute atomic E-state index is 0.0154. The van der Waals surface area contributed by atoms with Gasteiger partial charge in [0.25, 0.3) is 0 Å². The molecule has 0 bridgehead atoms. The van der Waals surface area contributed by atoms with Crippen LogP contribution in [0.25, 0.3) is 22.3 Å². The van der Waals surface area contributed by atoms with Gasteiger partial charge in [-0.25, -0.2) is 0 Å². The lowest BCUT2D eigenvalue weighted by Crippen LogP contribution is -2.04. The lowest BCUT2D eigenvalue weighted by molar-refractivity contribution is 0.408. The third kappa shape index (κ3) is 2.28. The van der Waals surface area contributed by atoms with E-state index in [4.69, 9.17) is 9.15 Å². The number of ether oxygens (including phenoxy) is 1. The van der Waals surface area contributed by atoms with E-state index in [1.807, 2.05) is 0 Å². The van der Waals surface area contributed by atoms with E-state index < -0.39 is 11.2 Å². The second-order valence-electron chi connectivity index (χ2n) is 4.83. The smallest absolute Gasteiger partial charge is 0.238 e. The molecule has 2 aromatic carbocycles. The monoisotopic (exact) mass is 316 g/mol. The van der Waals surface area contributed by atoms with Gasteiger partial charge in [-0.3, -0.25) is 4.79 Å². The van der Waals surface area contributed by atoms with Crippen molar-refractivity contribution in [1.82, 2.24) is 0 Å². The topological polar surface area (TPSA) is 120 Å². The van der Waals surface area contributed by atoms with Crippen molar-refractivity contribution in [3.8, 4) is 40.1 Å². The fourth-order valence-electron chi connectivity index (χ4n) is 2.32. The van der Waals surface area contributed by atoms with E-state index >= 15 is 0 Å². The largest absolute Gasteiger partial charge is 0.508 e. The Balaban J connectivity index is 2.40. The summed E-state index contributed by atoms with van der Waals surface area (Å²) in [5.74, 6) is -1.71. The van der Waals surface area contributed by atoms with Crippen LogP contribution >= 0.6 is 0 Å². The highest BCUT2D eigenvalue weighted by Gasteiger charge is 2.21. The molecule has 0 aliphatic rings. The number of aromatic hydroxyl groups is 4. The average Bonchev–Trinajstić information content (AvgIpc) is 2.50. The minimum atomic E-state index is -0.773. The average molecular weight is 316 g/mol. The molecule has 0 atom stereocenters. The molecule has 0 radical (unpaired) electrons. The Bertz CT molecular complexity index is 972. The molecule has 118 valence electrons. The van der Waals surface area contributed by atoms with Gasteiger partial charge in [-0.05, 0) is 12.1 Å². The third-order valence-corrected chi connectivity index (χ3v) is 3.37. The summed E-state index contributed by atoms with van der Waals surface area (Å²) in [6.07, 6.45) is 0. The first-order chi connectivity index (χ1) is 10.9. The first-order valence-electron chi connectivity index (χ1n) is 6.51. The first kappa shape index (κ1) is 14.6. The van der Waals surface area contributed by atoms with Crippen LogP contribution in [0.1, 0.15) is 0 Å². The number of fused-ring (bicyclic) bond motifs is 1. The molecule has 7 nitrogen and oxygen atoms in total. The molecule has 0 fully saturated rings. The molecule has 0 saturated carbocycles. The van der Waals surface area contributed by atoms with Crippen molar-refractivity contribution in [2.45, 2.75) is 0 Å². The Morgan fingerprint density at radius 3 is 2.39 bits per heavy atom. The van der Waals surface area contributed by atoms with Gasteiger partial charge in [-0.15, -0.1) is 0 Å². The maximum absolute atomic E-state index is 12.4. The van der Waals surface area contributed by atoms with E-state index in [-0.39, 0.29) is 45.3 Å². The Hall–Kier alpha value is -3.35. The van der Waals surface area contributed by atoms with E-state index in [1.165, 1.54) is 31.4 Å². The summed E-state index contributed by atoms with van der Waals surface area (Å²) >= 11 is 0. The van der Waals surface area contributed by atoms with Crippen molar-refractivity contribution in [2.75, 3.05) is 7.11 Å². The Morgan fingerprint density at radius 1 is 1.00 bits per heavy atom. The van der Waals surface area contributed by atoms with Gasteiger partial charge in [0.15, 0.2) is 5.76 Å². The molecule has 1 heterocycles. The summed E-state index contributed by atoms with van der Waals surface area (Å²) in [5.41, 5.74) is -0.778. The van der Waals surface area contributed by atoms with E-state index in [0.717, 1.165) is 6.07 Å². The fraction of sp³-hybridized carbons (Fsp3) is 0.0625. The molecule has 0 aliphatic carbocycles. The number of phenolic OH excluding ortho intramolecular Hbond substituents is 3. The van der Waals surface area contributed by atoms with Crippen molar-refractivity contribution in [3.05, 3.63) is 40.6 Å². The molecule has 0 saturated heterocycles. The second-order valence-corrected chi connectivity index (χ2v) is 4.83. The highest BCUT2D eigenvalue weighted by Crippen LogP contribution is 2.39. The van der Waals surface area contributed by atoms with Crippen LogP contribution in [-0.4, -0.2) is 27.5 Å². The maximum atomic E-state index is 12.4. The normalized spacial score (nSPS) is 10.8. The van der Waals surface area contributed by atoms with Crippen LogP contribution in [0, 0.1) is 0 Å². The fourth-order valence-corrected chi connectivity index (χ4v) is 2.32. The molecule has 0 spiro atoms. The molecule has 0 unspecified atom stereocenters. The van der Waals surface area contributed by atoms with Gasteiger partial charge in [0, 0.05) is 18.2 Å². The zero-order valence-electron chi connectivity index (χ0n) is 11.9. The van der Waals surface area contributed by atoms with Crippen LogP contribution < -0.4 is 10.2 Å². The molecule has 23 heavy (non-hydrogen) atoms. The summed E-state index contributed by atoms with van der Waals surface area (Å²) in [4.78, 5) is 12.4. The highest BCUT2D eigenvalue weighted by molar-refractivity contribution is 5.89. The molecule has 1 aromatic heterocycles. The van der Waals surface area contributed by atoms with Crippen molar-refractivity contribution >= 4 is 11.0 Å². The maximum Gasteiger partial charge on any atom is 0.238 e. The number of rotatable bonds is 2. The van der Waals surface area contributed by atoms with E-state index in [2.05, 4.69) is 0 Å². The van der Waals surface area contributed by atoms with Crippen molar-refractivity contribution in [1.29, 1.82) is 0 Å². The van der Waals surface area contributed by atoms with Crippen LogP contribution in [0.3, 0.4) is 0 Å². The van der Waals surface area contributed by atoms with Crippen LogP contribution in [0.2, 0.25) is 0 Å². The molecule has 0 amide bonds. The molecule has 7 heteroatoms. The Morgan fingerprint density at radius 2 is 1.74 bits per heavy atom. The highest BCUT2D eigenvalue weighted by atomic mass is 16.5. The summed E-state index contributed by atoms with van der Waals surface area (Å²) in [6.45, 7) is 0. The lowest BCUT2D eigenvalue weighted by Gasteiger charge is -2.10. The van der Waals surface area contributed by atoms with Crippen molar-refractivity contribution < 1.29 is 29.6 Å². The van der Waals surface area contributed by atoms with Gasteiger partial charge in [0.1, 0.15) is 34.0 Å². The Kier molecular flexibility index (Phi) is 3.25. The van der Waals surface area contributed by atoms with Gasteiger partial charge >= 0.3 is 0 Å². The minimum Gasteiger partial charge on any atom is -0.508 e. The predicted molar refractivity (Wildman–Crippen MR) is 81.1 cm³/mol. The number of hydrogen-bond donors (Lipinski definition) is 4. The van der Waals surface area contributed by atoms with Gasteiger partial charge in [0.05, 0.1) is 12.7 Å².